The van der Waals surface area contributed by atoms with Gasteiger partial charge >= 0.3 is 0 Å². The minimum Gasteiger partial charge on any atom is -0.383 e. The molecule has 1 aliphatic rings. The van der Waals surface area contributed by atoms with Crippen LogP contribution in [-0.2, 0) is 0 Å². The fourth-order valence-corrected chi connectivity index (χ4v) is 2.26. The zero-order valence-electron chi connectivity index (χ0n) is 7.66. The first-order chi connectivity index (χ1) is 6.24. The molecule has 4 nitrogen and oxygen atoms in total. The van der Waals surface area contributed by atoms with Crippen molar-refractivity contribution in [3.8, 4) is 0 Å². The maximum absolute atomic E-state index is 5.53. The fraction of sp³-hybridized carbons (Fsp3) is 0.625. The predicted octanol–water partition coefficient (Wildman–Crippen LogP) is 0.841. The largest absolute Gasteiger partial charge is 0.383 e. The molecule has 2 rings (SSSR count). The van der Waals surface area contributed by atoms with Crippen molar-refractivity contribution in [2.75, 3.05) is 31.2 Å². The molecule has 1 aromatic rings. The van der Waals surface area contributed by atoms with E-state index in [0.717, 1.165) is 11.5 Å². The molecule has 0 spiro atoms. The molecule has 0 amide bonds. The van der Waals surface area contributed by atoms with Crippen LogP contribution < -0.4 is 11.1 Å². The van der Waals surface area contributed by atoms with Crippen molar-refractivity contribution < 1.29 is 0 Å². The molecule has 0 aliphatic carbocycles. The van der Waals surface area contributed by atoms with E-state index in [1.807, 2.05) is 6.07 Å². The molecule has 5 heteroatoms. The van der Waals surface area contributed by atoms with Crippen LogP contribution in [-0.4, -0.2) is 35.5 Å². The smallest absolute Gasteiger partial charge is 0.139 e. The van der Waals surface area contributed by atoms with Gasteiger partial charge in [-0.1, -0.05) is 0 Å². The van der Waals surface area contributed by atoms with Crippen LogP contribution in [0.5, 0.6) is 0 Å². The Morgan fingerprint density at radius 1 is 1.77 bits per heavy atom. The number of nitrogens with one attached hydrogen (secondary N) is 1. The van der Waals surface area contributed by atoms with E-state index in [1.165, 1.54) is 24.5 Å². The number of hydrogen-bond acceptors (Lipinski definition) is 5. The summed E-state index contributed by atoms with van der Waals surface area (Å²) in [6, 6.07) is 2.45. The number of aromatic nitrogens is 1. The zero-order chi connectivity index (χ0) is 9.26. The highest BCUT2D eigenvalue weighted by Gasteiger charge is 2.19. The van der Waals surface area contributed by atoms with Crippen LogP contribution in [0, 0.1) is 0 Å². The van der Waals surface area contributed by atoms with E-state index in [2.05, 4.69) is 21.6 Å². The van der Waals surface area contributed by atoms with Gasteiger partial charge in [-0.2, -0.15) is 4.37 Å². The molecule has 0 radical (unpaired) electrons. The molecule has 0 bridgehead atoms. The van der Waals surface area contributed by atoms with Crippen molar-refractivity contribution in [2.45, 2.75) is 12.5 Å². The lowest BCUT2D eigenvalue weighted by molar-refractivity contribution is 0.414. The Bertz CT molecular complexity index is 285. The molecule has 3 N–H and O–H groups in total. The van der Waals surface area contributed by atoms with E-state index in [0.29, 0.717) is 11.9 Å². The number of rotatable bonds is 2. The number of anilines is 2. The van der Waals surface area contributed by atoms with Gasteiger partial charge in [-0.25, -0.2) is 0 Å². The first-order valence-electron chi connectivity index (χ1n) is 4.41. The highest BCUT2D eigenvalue weighted by atomic mass is 32.1. The minimum atomic E-state index is 0.560. The van der Waals surface area contributed by atoms with Gasteiger partial charge in [0.05, 0.1) is 0 Å². The Labute approximate surface area is 81.9 Å². The average molecular weight is 198 g/mol. The molecular weight excluding hydrogens is 184 g/mol. The van der Waals surface area contributed by atoms with Crippen molar-refractivity contribution in [1.29, 1.82) is 0 Å². The summed E-state index contributed by atoms with van der Waals surface area (Å²) in [7, 11) is 2.14. The lowest BCUT2D eigenvalue weighted by Gasteiger charge is -2.11. The Morgan fingerprint density at radius 3 is 3.15 bits per heavy atom. The second-order valence-electron chi connectivity index (χ2n) is 3.51. The van der Waals surface area contributed by atoms with Crippen LogP contribution >= 0.6 is 11.5 Å². The predicted molar refractivity (Wildman–Crippen MR) is 56.1 cm³/mol. The third-order valence-electron chi connectivity index (χ3n) is 2.27. The molecule has 2 heterocycles. The molecule has 1 atom stereocenters. The average Bonchev–Trinajstić information content (AvgIpc) is 2.62. The Morgan fingerprint density at radius 2 is 2.62 bits per heavy atom. The normalized spacial score (nSPS) is 23.6. The van der Waals surface area contributed by atoms with Crippen LogP contribution in [0.3, 0.4) is 0 Å². The maximum atomic E-state index is 5.53. The second kappa shape index (κ2) is 3.51. The Hall–Kier alpha value is -0.810. The molecular formula is C8H14N4S. The number of likely N-dealkylation sites (tertiary alicyclic amines) is 1. The first-order valence-corrected chi connectivity index (χ1v) is 5.18. The first kappa shape index (κ1) is 8.77. The van der Waals surface area contributed by atoms with Gasteiger partial charge in [-0.15, -0.1) is 0 Å². The SMILES string of the molecule is CN1CCC(Nc2cc(N)ns2)C1. The summed E-state index contributed by atoms with van der Waals surface area (Å²) < 4.78 is 4.02. The Kier molecular flexibility index (Phi) is 2.37. The van der Waals surface area contributed by atoms with Gasteiger partial charge in [0, 0.05) is 18.7 Å². The summed E-state index contributed by atoms with van der Waals surface area (Å²) in [5.41, 5.74) is 5.53. The van der Waals surface area contributed by atoms with Crippen LogP contribution in [0.25, 0.3) is 0 Å². The number of nitrogens with zero attached hydrogens (tertiary/aromatic N) is 2. The third-order valence-corrected chi connectivity index (χ3v) is 3.00. The lowest BCUT2D eigenvalue weighted by Crippen LogP contribution is -2.22. The quantitative estimate of drug-likeness (QED) is 0.739. The van der Waals surface area contributed by atoms with Gasteiger partial charge in [-0.3, -0.25) is 0 Å². The zero-order valence-corrected chi connectivity index (χ0v) is 8.47. The summed E-state index contributed by atoms with van der Waals surface area (Å²) in [4.78, 5) is 2.32. The maximum Gasteiger partial charge on any atom is 0.139 e. The molecule has 1 fully saturated rings. The van der Waals surface area contributed by atoms with E-state index >= 15 is 0 Å². The minimum absolute atomic E-state index is 0.560. The van der Waals surface area contributed by atoms with Crippen LogP contribution in [0.1, 0.15) is 6.42 Å². The van der Waals surface area contributed by atoms with Crippen molar-refractivity contribution >= 4 is 22.4 Å². The van der Waals surface area contributed by atoms with E-state index in [9.17, 15) is 0 Å². The van der Waals surface area contributed by atoms with Gasteiger partial charge in [-0.05, 0) is 31.5 Å². The van der Waals surface area contributed by atoms with Crippen LogP contribution in [0.15, 0.2) is 6.07 Å². The highest BCUT2D eigenvalue weighted by Crippen LogP contribution is 2.20. The van der Waals surface area contributed by atoms with Gasteiger partial charge in [0.1, 0.15) is 10.8 Å². The molecule has 0 aromatic carbocycles. The summed E-state index contributed by atoms with van der Waals surface area (Å²) >= 11 is 1.43. The Balaban J connectivity index is 1.91. The topological polar surface area (TPSA) is 54.2 Å². The fourth-order valence-electron chi connectivity index (χ4n) is 1.61. The molecule has 13 heavy (non-hydrogen) atoms. The monoisotopic (exact) mass is 198 g/mol. The van der Waals surface area contributed by atoms with E-state index in [4.69, 9.17) is 5.73 Å². The third kappa shape index (κ3) is 2.10. The van der Waals surface area contributed by atoms with E-state index in [-0.39, 0.29) is 0 Å². The summed E-state index contributed by atoms with van der Waals surface area (Å²) in [6.45, 7) is 2.28. The van der Waals surface area contributed by atoms with Crippen molar-refractivity contribution in [3.63, 3.8) is 0 Å². The molecule has 1 unspecified atom stereocenters. The van der Waals surface area contributed by atoms with Crippen molar-refractivity contribution in [2.24, 2.45) is 0 Å². The second-order valence-corrected chi connectivity index (χ2v) is 4.31. The molecule has 1 aliphatic heterocycles. The van der Waals surface area contributed by atoms with Gasteiger partial charge in [0.15, 0.2) is 0 Å². The van der Waals surface area contributed by atoms with Crippen LogP contribution in [0.4, 0.5) is 10.8 Å². The summed E-state index contributed by atoms with van der Waals surface area (Å²) in [5, 5.41) is 4.51. The standard InChI is InChI=1S/C8H14N4S/c1-12-3-2-6(5-12)10-8-4-7(9)11-13-8/h4,6,10H,2-3,5H2,1H3,(H2,9,11). The van der Waals surface area contributed by atoms with Gasteiger partial charge in [0.25, 0.3) is 0 Å². The molecule has 0 saturated carbocycles. The molecule has 1 saturated heterocycles. The summed E-state index contributed by atoms with van der Waals surface area (Å²) in [6.07, 6.45) is 1.20. The van der Waals surface area contributed by atoms with Crippen molar-refractivity contribution in [3.05, 3.63) is 6.07 Å². The van der Waals surface area contributed by atoms with Gasteiger partial charge in [0.2, 0.25) is 0 Å². The number of nitrogen functional groups attached to an aromatic ring is 1. The van der Waals surface area contributed by atoms with Crippen LogP contribution in [0.2, 0.25) is 0 Å². The van der Waals surface area contributed by atoms with E-state index < -0.39 is 0 Å². The number of hydrogen-bond donors (Lipinski definition) is 2. The lowest BCUT2D eigenvalue weighted by atomic mass is 10.3. The molecule has 72 valence electrons. The number of likely N-dealkylation sites (N-methyl/N-ethyl adjacent to an activating group) is 1. The van der Waals surface area contributed by atoms with E-state index in [1.54, 1.807) is 0 Å². The summed E-state index contributed by atoms with van der Waals surface area (Å²) in [5.74, 6) is 0.610. The van der Waals surface area contributed by atoms with Gasteiger partial charge < -0.3 is 16.0 Å². The van der Waals surface area contributed by atoms with Crippen molar-refractivity contribution in [1.82, 2.24) is 9.27 Å². The molecule has 1 aromatic heterocycles. The highest BCUT2D eigenvalue weighted by molar-refractivity contribution is 7.10. The number of nitrogens with two attached hydrogens (primary N) is 1.